The Kier molecular flexibility index (Phi) is 10.4. The van der Waals surface area contributed by atoms with E-state index < -0.39 is 0 Å². The Morgan fingerprint density at radius 3 is 0.933 bits per heavy atom. The van der Waals surface area contributed by atoms with Crippen LogP contribution in [0.5, 0.6) is 0 Å². The van der Waals surface area contributed by atoms with Gasteiger partial charge in [-0.1, -0.05) is 113 Å². The molecule has 2 aromatic rings. The average Bonchev–Trinajstić information content (AvgIpc) is 2.79. The van der Waals surface area contributed by atoms with Crippen LogP contribution in [0.1, 0.15) is 127 Å². The first-order chi connectivity index (χ1) is 14.4. The Balaban J connectivity index is 2.53. The Bertz CT molecular complexity index is 671. The van der Waals surface area contributed by atoms with Crippen molar-refractivity contribution < 1.29 is 0 Å². The lowest BCUT2D eigenvalue weighted by Gasteiger charge is -2.24. The van der Waals surface area contributed by atoms with Gasteiger partial charge >= 0.3 is 0 Å². The topological polar surface area (TPSA) is 0 Å². The second-order valence-corrected chi connectivity index (χ2v) is 11.1. The highest BCUT2D eigenvalue weighted by molar-refractivity contribution is 8.76. The molecular weight excluding hydrogens is 400 g/mol. The second kappa shape index (κ2) is 12.2. The van der Waals surface area contributed by atoms with Crippen LogP contribution in [0.3, 0.4) is 0 Å². The maximum Gasteiger partial charge on any atom is 0.0255 e. The molecule has 0 saturated heterocycles. The van der Waals surface area contributed by atoms with Crippen molar-refractivity contribution in [2.24, 2.45) is 0 Å². The van der Waals surface area contributed by atoms with Crippen molar-refractivity contribution in [3.8, 4) is 0 Å². The minimum absolute atomic E-state index is 0.593. The molecule has 30 heavy (non-hydrogen) atoms. The van der Waals surface area contributed by atoms with Crippen LogP contribution in [-0.2, 0) is 0 Å². The van der Waals surface area contributed by atoms with E-state index in [0.29, 0.717) is 23.7 Å². The molecule has 0 aromatic heterocycles. The summed E-state index contributed by atoms with van der Waals surface area (Å²) in [7, 11) is 4.03. The first-order valence-electron chi connectivity index (χ1n) is 12.0. The van der Waals surface area contributed by atoms with Gasteiger partial charge in [-0.25, -0.2) is 0 Å². The predicted molar refractivity (Wildman–Crippen MR) is 139 cm³/mol. The van der Waals surface area contributed by atoms with Gasteiger partial charge in [0.2, 0.25) is 0 Å². The van der Waals surface area contributed by atoms with Crippen LogP contribution in [0.15, 0.2) is 46.2 Å². The van der Waals surface area contributed by atoms with Gasteiger partial charge in [-0.3, -0.25) is 0 Å². The molecule has 2 aromatic carbocycles. The van der Waals surface area contributed by atoms with E-state index in [1.165, 1.54) is 57.7 Å². The summed E-state index contributed by atoms with van der Waals surface area (Å²) in [6, 6.07) is 14.0. The fourth-order valence-corrected chi connectivity index (χ4v) is 7.14. The quantitative estimate of drug-likeness (QED) is 0.317. The highest BCUT2D eigenvalue weighted by Crippen LogP contribution is 2.49. The van der Waals surface area contributed by atoms with Crippen molar-refractivity contribution in [1.29, 1.82) is 0 Å². The van der Waals surface area contributed by atoms with E-state index in [4.69, 9.17) is 0 Å². The number of hydrogen-bond acceptors (Lipinski definition) is 2. The highest BCUT2D eigenvalue weighted by Gasteiger charge is 2.21. The summed E-state index contributed by atoms with van der Waals surface area (Å²) in [5.74, 6) is 2.37. The summed E-state index contributed by atoms with van der Waals surface area (Å²) in [6.07, 6.45) is 4.74. The van der Waals surface area contributed by atoms with Gasteiger partial charge in [0, 0.05) is 9.79 Å². The monoisotopic (exact) mass is 442 g/mol. The molecule has 0 bridgehead atoms. The number of hydrogen-bond donors (Lipinski definition) is 0. The third-order valence-corrected chi connectivity index (χ3v) is 9.54. The van der Waals surface area contributed by atoms with E-state index >= 15 is 0 Å². The Morgan fingerprint density at radius 2 is 0.733 bits per heavy atom. The summed E-state index contributed by atoms with van der Waals surface area (Å²) in [4.78, 5) is 3.03. The smallest absolute Gasteiger partial charge is 0.0255 e. The zero-order chi connectivity index (χ0) is 22.3. The van der Waals surface area contributed by atoms with E-state index in [9.17, 15) is 0 Å². The summed E-state index contributed by atoms with van der Waals surface area (Å²) in [5, 5.41) is 0. The zero-order valence-corrected chi connectivity index (χ0v) is 22.1. The van der Waals surface area contributed by atoms with Gasteiger partial charge in [-0.2, -0.15) is 0 Å². The molecule has 166 valence electrons. The highest BCUT2D eigenvalue weighted by atomic mass is 33.1. The number of rotatable bonds is 11. The first-order valence-corrected chi connectivity index (χ1v) is 14.1. The van der Waals surface area contributed by atoms with Crippen molar-refractivity contribution in [2.75, 3.05) is 0 Å². The Labute approximate surface area is 194 Å². The predicted octanol–water partition coefficient (Wildman–Crippen LogP) is 10.5. The molecule has 0 aliphatic rings. The lowest BCUT2D eigenvalue weighted by Crippen LogP contribution is -2.02. The van der Waals surface area contributed by atoms with Gasteiger partial charge in [0.15, 0.2) is 0 Å². The molecular formula is C28H42S2. The van der Waals surface area contributed by atoms with Crippen LogP contribution in [0.4, 0.5) is 0 Å². The van der Waals surface area contributed by atoms with Crippen molar-refractivity contribution in [3.05, 3.63) is 58.7 Å². The molecule has 0 aliphatic carbocycles. The van der Waals surface area contributed by atoms with Gasteiger partial charge < -0.3 is 0 Å². The molecule has 4 unspecified atom stereocenters. The standard InChI is InChI=1S/C28H42S2/c1-9-19(5)23-15-13-16-24(20(6)10-2)27(23)29-30-28-25(21(7)11-3)17-14-18-26(28)22(8)12-4/h13-22H,9-12H2,1-8H3. The van der Waals surface area contributed by atoms with E-state index in [2.05, 4.69) is 91.8 Å². The molecule has 0 heterocycles. The van der Waals surface area contributed by atoms with Crippen LogP contribution in [0.2, 0.25) is 0 Å². The van der Waals surface area contributed by atoms with Gasteiger partial charge in [0.25, 0.3) is 0 Å². The maximum atomic E-state index is 2.38. The van der Waals surface area contributed by atoms with Crippen molar-refractivity contribution in [1.82, 2.24) is 0 Å². The zero-order valence-electron chi connectivity index (χ0n) is 20.4. The molecule has 2 heteroatoms. The molecule has 0 N–H and O–H groups in total. The fraction of sp³-hybridized carbons (Fsp3) is 0.571. The van der Waals surface area contributed by atoms with Crippen LogP contribution >= 0.6 is 21.6 Å². The largest absolute Gasteiger partial charge is 0.0648 e. The normalized spacial score (nSPS) is 15.6. The van der Waals surface area contributed by atoms with Gasteiger partial charge in [-0.15, -0.1) is 0 Å². The molecule has 0 radical (unpaired) electrons. The van der Waals surface area contributed by atoms with E-state index in [-0.39, 0.29) is 0 Å². The van der Waals surface area contributed by atoms with Crippen molar-refractivity contribution in [2.45, 2.75) is 115 Å². The van der Waals surface area contributed by atoms with E-state index in [0.717, 1.165) is 0 Å². The molecule has 0 spiro atoms. The Hall–Kier alpha value is -0.860. The summed E-state index contributed by atoms with van der Waals surface area (Å²) in [6.45, 7) is 18.7. The summed E-state index contributed by atoms with van der Waals surface area (Å²) >= 11 is 0. The molecule has 2 rings (SSSR count). The third kappa shape index (κ3) is 5.88. The minimum atomic E-state index is 0.593. The minimum Gasteiger partial charge on any atom is -0.0648 e. The van der Waals surface area contributed by atoms with Crippen LogP contribution in [-0.4, -0.2) is 0 Å². The van der Waals surface area contributed by atoms with Crippen LogP contribution in [0.25, 0.3) is 0 Å². The van der Waals surface area contributed by atoms with E-state index in [1.807, 2.05) is 21.6 Å². The molecule has 4 atom stereocenters. The molecule has 0 saturated carbocycles. The molecule has 0 amide bonds. The SMILES string of the molecule is CCC(C)c1cccc(C(C)CC)c1SSc1c(C(C)CC)cccc1C(C)CC. The average molecular weight is 443 g/mol. The first kappa shape index (κ1) is 25.4. The summed E-state index contributed by atoms with van der Waals surface area (Å²) < 4.78 is 0. The summed E-state index contributed by atoms with van der Waals surface area (Å²) in [5.41, 5.74) is 6.11. The third-order valence-electron chi connectivity index (χ3n) is 6.93. The van der Waals surface area contributed by atoms with Crippen LogP contribution in [0, 0.1) is 0 Å². The lowest BCUT2D eigenvalue weighted by molar-refractivity contribution is 0.685. The number of benzene rings is 2. The van der Waals surface area contributed by atoms with E-state index in [1.54, 1.807) is 0 Å². The van der Waals surface area contributed by atoms with Gasteiger partial charge in [-0.05, 0) is 71.6 Å². The Morgan fingerprint density at radius 1 is 0.500 bits per heavy atom. The van der Waals surface area contributed by atoms with Gasteiger partial charge in [0.05, 0.1) is 0 Å². The van der Waals surface area contributed by atoms with Crippen molar-refractivity contribution in [3.63, 3.8) is 0 Å². The molecule has 0 aliphatic heterocycles. The van der Waals surface area contributed by atoms with Crippen molar-refractivity contribution >= 4 is 21.6 Å². The fourth-order valence-electron chi connectivity index (χ4n) is 3.85. The molecule has 0 fully saturated rings. The van der Waals surface area contributed by atoms with Crippen LogP contribution < -0.4 is 0 Å². The van der Waals surface area contributed by atoms with Gasteiger partial charge in [0.1, 0.15) is 0 Å². The second-order valence-electron chi connectivity index (χ2n) is 8.94. The maximum absolute atomic E-state index is 2.38. The lowest BCUT2D eigenvalue weighted by atomic mass is 9.91. The molecule has 0 nitrogen and oxygen atoms in total.